The molecule has 2 heteroatoms. The van der Waals surface area contributed by atoms with E-state index >= 15 is 0 Å². The number of hydrogen-bond acceptors (Lipinski definition) is 2. The topological polar surface area (TPSA) is 20.2 Å². The second-order valence-electron chi connectivity index (χ2n) is 4.67. The Balaban J connectivity index is 1.95. The van der Waals surface area contributed by atoms with Gasteiger partial charge in [0.25, 0.3) is 0 Å². The number of benzene rings is 1. The van der Waals surface area contributed by atoms with Crippen LogP contribution in [0.2, 0.25) is 0 Å². The molecule has 1 aliphatic carbocycles. The fourth-order valence-electron chi connectivity index (χ4n) is 2.75. The van der Waals surface area contributed by atoms with Gasteiger partial charge in [0.1, 0.15) is 0 Å². The van der Waals surface area contributed by atoms with Crippen molar-refractivity contribution in [2.45, 2.75) is 31.8 Å². The van der Waals surface area contributed by atoms with Crippen molar-refractivity contribution in [2.75, 3.05) is 0 Å². The molecule has 1 heterocycles. The van der Waals surface area contributed by atoms with Crippen LogP contribution in [0.1, 0.15) is 30.6 Å². The molecule has 0 bridgehead atoms. The standard InChI is InChI=1S/C14H16OS/c1-2-10-11(8-12(10)15)14-7-9-5-3-4-6-13(9)16-14/h3-7,10-12,15H,2,8H2,1H3. The summed E-state index contributed by atoms with van der Waals surface area (Å²) in [5.74, 6) is 1.07. The predicted octanol–water partition coefficient (Wildman–Crippen LogP) is 3.78. The van der Waals surface area contributed by atoms with Gasteiger partial charge in [-0.15, -0.1) is 11.3 Å². The maximum atomic E-state index is 9.72. The molecule has 0 spiro atoms. The SMILES string of the molecule is CCC1C(O)CC1c1cc2ccccc2s1. The molecule has 0 saturated heterocycles. The minimum Gasteiger partial charge on any atom is -0.393 e. The van der Waals surface area contributed by atoms with E-state index in [1.165, 1.54) is 15.0 Å². The van der Waals surface area contributed by atoms with Crippen molar-refractivity contribution in [3.8, 4) is 0 Å². The first kappa shape index (κ1) is 10.3. The molecule has 1 N–H and O–H groups in total. The first-order chi connectivity index (χ1) is 7.79. The van der Waals surface area contributed by atoms with Gasteiger partial charge in [0.15, 0.2) is 0 Å². The number of hydrogen-bond donors (Lipinski definition) is 1. The van der Waals surface area contributed by atoms with Crippen molar-refractivity contribution in [2.24, 2.45) is 5.92 Å². The molecule has 0 radical (unpaired) electrons. The molecule has 0 amide bonds. The molecule has 1 nitrogen and oxygen atoms in total. The lowest BCUT2D eigenvalue weighted by Gasteiger charge is -2.40. The van der Waals surface area contributed by atoms with Crippen LogP contribution in [0, 0.1) is 5.92 Å². The van der Waals surface area contributed by atoms with Gasteiger partial charge in [-0.3, -0.25) is 0 Å². The third-order valence-corrected chi connectivity index (χ3v) is 5.04. The zero-order valence-corrected chi connectivity index (χ0v) is 10.2. The van der Waals surface area contributed by atoms with Crippen molar-refractivity contribution in [3.05, 3.63) is 35.2 Å². The minimum absolute atomic E-state index is 0.0692. The fraction of sp³-hybridized carbons (Fsp3) is 0.429. The van der Waals surface area contributed by atoms with Crippen LogP contribution in [-0.4, -0.2) is 11.2 Å². The predicted molar refractivity (Wildman–Crippen MR) is 69.0 cm³/mol. The highest BCUT2D eigenvalue weighted by atomic mass is 32.1. The smallest absolute Gasteiger partial charge is 0.0580 e. The Morgan fingerprint density at radius 1 is 1.38 bits per heavy atom. The van der Waals surface area contributed by atoms with Gasteiger partial charge in [-0.25, -0.2) is 0 Å². The second kappa shape index (κ2) is 3.86. The molecule has 1 aromatic carbocycles. The van der Waals surface area contributed by atoms with Crippen LogP contribution < -0.4 is 0 Å². The summed E-state index contributed by atoms with van der Waals surface area (Å²) in [5.41, 5.74) is 0. The van der Waals surface area contributed by atoms with E-state index in [9.17, 15) is 5.11 Å². The van der Waals surface area contributed by atoms with E-state index in [2.05, 4.69) is 37.3 Å². The van der Waals surface area contributed by atoms with Crippen molar-refractivity contribution in [1.82, 2.24) is 0 Å². The Hall–Kier alpha value is -0.860. The normalized spacial score (nSPS) is 29.2. The second-order valence-corrected chi connectivity index (χ2v) is 5.78. The first-order valence-electron chi connectivity index (χ1n) is 5.96. The summed E-state index contributed by atoms with van der Waals surface area (Å²) in [6.07, 6.45) is 1.96. The van der Waals surface area contributed by atoms with Gasteiger partial charge < -0.3 is 5.11 Å². The maximum absolute atomic E-state index is 9.72. The molecule has 2 aromatic rings. The van der Waals surface area contributed by atoms with Crippen LogP contribution in [0.25, 0.3) is 10.1 Å². The monoisotopic (exact) mass is 232 g/mol. The molecule has 3 rings (SSSR count). The van der Waals surface area contributed by atoms with E-state index in [0.717, 1.165) is 12.8 Å². The highest BCUT2D eigenvalue weighted by Gasteiger charge is 2.40. The third-order valence-electron chi connectivity index (χ3n) is 3.79. The maximum Gasteiger partial charge on any atom is 0.0580 e. The molecule has 1 aromatic heterocycles. The molecule has 84 valence electrons. The van der Waals surface area contributed by atoms with Crippen LogP contribution in [0.3, 0.4) is 0 Å². The van der Waals surface area contributed by atoms with E-state index in [1.807, 2.05) is 11.3 Å². The summed E-state index contributed by atoms with van der Waals surface area (Å²) in [4.78, 5) is 1.46. The van der Waals surface area contributed by atoms with Crippen molar-refractivity contribution < 1.29 is 5.11 Å². The van der Waals surface area contributed by atoms with E-state index in [4.69, 9.17) is 0 Å². The number of aliphatic hydroxyl groups is 1. The largest absolute Gasteiger partial charge is 0.393 e. The molecule has 1 fully saturated rings. The van der Waals surface area contributed by atoms with E-state index < -0.39 is 0 Å². The van der Waals surface area contributed by atoms with Gasteiger partial charge >= 0.3 is 0 Å². The Morgan fingerprint density at radius 2 is 2.19 bits per heavy atom. The molecule has 1 saturated carbocycles. The van der Waals surface area contributed by atoms with E-state index in [1.54, 1.807) is 0 Å². The summed E-state index contributed by atoms with van der Waals surface area (Å²) in [6, 6.07) is 10.8. The molecule has 3 unspecified atom stereocenters. The highest BCUT2D eigenvalue weighted by molar-refractivity contribution is 7.19. The summed E-state index contributed by atoms with van der Waals surface area (Å²) < 4.78 is 1.37. The molecule has 3 atom stereocenters. The van der Waals surface area contributed by atoms with Gasteiger partial charge in [0, 0.05) is 15.5 Å². The number of aliphatic hydroxyl groups excluding tert-OH is 1. The van der Waals surface area contributed by atoms with Gasteiger partial charge in [0.05, 0.1) is 6.10 Å². The Kier molecular flexibility index (Phi) is 2.49. The van der Waals surface area contributed by atoms with Crippen LogP contribution in [0.4, 0.5) is 0 Å². The quantitative estimate of drug-likeness (QED) is 0.835. The lowest BCUT2D eigenvalue weighted by Crippen LogP contribution is -2.38. The summed E-state index contributed by atoms with van der Waals surface area (Å²) in [6.45, 7) is 2.17. The molecule has 1 aliphatic rings. The summed E-state index contributed by atoms with van der Waals surface area (Å²) >= 11 is 1.89. The van der Waals surface area contributed by atoms with Crippen LogP contribution in [-0.2, 0) is 0 Å². The first-order valence-corrected chi connectivity index (χ1v) is 6.77. The average molecular weight is 232 g/mol. The lowest BCUT2D eigenvalue weighted by molar-refractivity contribution is 0.000511. The Bertz CT molecular complexity index is 469. The van der Waals surface area contributed by atoms with Gasteiger partial charge in [-0.2, -0.15) is 0 Å². The highest BCUT2D eigenvalue weighted by Crippen LogP contribution is 2.47. The summed E-state index contributed by atoms with van der Waals surface area (Å²) in [5, 5.41) is 11.1. The third kappa shape index (κ3) is 1.48. The fourth-order valence-corrected chi connectivity index (χ4v) is 4.00. The van der Waals surface area contributed by atoms with E-state index in [0.29, 0.717) is 11.8 Å². The van der Waals surface area contributed by atoms with Gasteiger partial charge in [-0.05, 0) is 29.9 Å². The van der Waals surface area contributed by atoms with Crippen molar-refractivity contribution in [3.63, 3.8) is 0 Å². The zero-order valence-electron chi connectivity index (χ0n) is 9.39. The average Bonchev–Trinajstić information content (AvgIpc) is 2.69. The molecule has 16 heavy (non-hydrogen) atoms. The molecule has 0 aliphatic heterocycles. The molecular weight excluding hydrogens is 216 g/mol. The number of fused-ring (bicyclic) bond motifs is 1. The summed E-state index contributed by atoms with van der Waals surface area (Å²) in [7, 11) is 0. The van der Waals surface area contributed by atoms with Crippen LogP contribution >= 0.6 is 11.3 Å². The molecular formula is C14H16OS. The van der Waals surface area contributed by atoms with E-state index in [-0.39, 0.29) is 6.10 Å². The van der Waals surface area contributed by atoms with Gasteiger partial charge in [-0.1, -0.05) is 31.5 Å². The number of thiophene rings is 1. The van der Waals surface area contributed by atoms with Gasteiger partial charge in [0.2, 0.25) is 0 Å². The Labute approximate surface area is 99.7 Å². The van der Waals surface area contributed by atoms with Crippen LogP contribution in [0.15, 0.2) is 30.3 Å². The van der Waals surface area contributed by atoms with Crippen molar-refractivity contribution >= 4 is 21.4 Å². The Morgan fingerprint density at radius 3 is 2.88 bits per heavy atom. The van der Waals surface area contributed by atoms with Crippen molar-refractivity contribution in [1.29, 1.82) is 0 Å². The lowest BCUT2D eigenvalue weighted by atomic mass is 9.69. The minimum atomic E-state index is -0.0692. The number of rotatable bonds is 2. The van der Waals surface area contributed by atoms with Crippen LogP contribution in [0.5, 0.6) is 0 Å². The zero-order chi connectivity index (χ0) is 11.1.